The molecule has 3 aromatic rings. The van der Waals surface area contributed by atoms with Gasteiger partial charge >= 0.3 is 0 Å². The van der Waals surface area contributed by atoms with Crippen molar-refractivity contribution in [1.29, 1.82) is 0 Å². The largest absolute Gasteiger partial charge is 0.350 e. The van der Waals surface area contributed by atoms with Crippen LogP contribution in [0.4, 0.5) is 5.69 Å². The van der Waals surface area contributed by atoms with E-state index in [4.69, 9.17) is 0 Å². The van der Waals surface area contributed by atoms with E-state index in [-0.39, 0.29) is 30.7 Å². The lowest BCUT2D eigenvalue weighted by Gasteiger charge is -2.18. The van der Waals surface area contributed by atoms with Gasteiger partial charge in [-0.15, -0.1) is 5.10 Å². The second-order valence-corrected chi connectivity index (χ2v) is 7.81. The summed E-state index contributed by atoms with van der Waals surface area (Å²) in [6.45, 7) is 4.74. The minimum absolute atomic E-state index is 0.0215. The zero-order valence-corrected chi connectivity index (χ0v) is 16.6. The fraction of sp³-hybridized carbons (Fsp3) is 0.300. The Labute approximate surface area is 167 Å². The maximum atomic E-state index is 12.6. The van der Waals surface area contributed by atoms with Crippen molar-refractivity contribution in [3.05, 3.63) is 58.0 Å². The number of nitrogens with one attached hydrogen (secondary N) is 1. The van der Waals surface area contributed by atoms with Gasteiger partial charge in [0, 0.05) is 24.0 Å². The second kappa shape index (κ2) is 7.55. The summed E-state index contributed by atoms with van der Waals surface area (Å²) < 4.78 is 1.68. The predicted octanol–water partition coefficient (Wildman–Crippen LogP) is 2.61. The van der Waals surface area contributed by atoms with Crippen molar-refractivity contribution in [3.8, 4) is 5.69 Å². The third-order valence-electron chi connectivity index (χ3n) is 5.05. The zero-order valence-electron chi connectivity index (χ0n) is 15.8. The lowest BCUT2D eigenvalue weighted by Crippen LogP contribution is -2.32. The van der Waals surface area contributed by atoms with E-state index in [9.17, 15) is 9.59 Å². The van der Waals surface area contributed by atoms with Gasteiger partial charge in [0.25, 0.3) is 0 Å². The summed E-state index contributed by atoms with van der Waals surface area (Å²) in [5.74, 6) is -0.516. The number of nitrogens with zero attached hydrogens (tertiary/aromatic N) is 4. The molecule has 7 nitrogen and oxygen atoms in total. The SMILES string of the molecule is Cc1ccc(N2CC(C(=O)NCc3cn(-c4ccsc4)nn3)CC2=O)cc1C. The molecule has 0 aliphatic carbocycles. The van der Waals surface area contributed by atoms with E-state index in [1.165, 1.54) is 5.56 Å². The Hall–Kier alpha value is -3.00. The highest BCUT2D eigenvalue weighted by atomic mass is 32.1. The molecule has 8 heteroatoms. The van der Waals surface area contributed by atoms with Crippen LogP contribution in [0.2, 0.25) is 0 Å². The molecule has 1 atom stereocenters. The first-order chi connectivity index (χ1) is 13.5. The molecule has 144 valence electrons. The van der Waals surface area contributed by atoms with Gasteiger partial charge < -0.3 is 10.2 Å². The highest BCUT2D eigenvalue weighted by molar-refractivity contribution is 7.08. The van der Waals surface area contributed by atoms with Gasteiger partial charge in [0.2, 0.25) is 11.8 Å². The van der Waals surface area contributed by atoms with Gasteiger partial charge in [-0.25, -0.2) is 4.68 Å². The fourth-order valence-electron chi connectivity index (χ4n) is 3.24. The van der Waals surface area contributed by atoms with Crippen LogP contribution < -0.4 is 10.2 Å². The normalized spacial score (nSPS) is 16.6. The van der Waals surface area contributed by atoms with Crippen molar-refractivity contribution in [2.45, 2.75) is 26.8 Å². The Bertz CT molecular complexity index is 1010. The van der Waals surface area contributed by atoms with Gasteiger partial charge in [0.1, 0.15) is 5.69 Å². The molecule has 0 spiro atoms. The molecular weight excluding hydrogens is 374 g/mol. The first kappa shape index (κ1) is 18.4. The molecule has 0 bridgehead atoms. The number of aromatic nitrogens is 3. The summed E-state index contributed by atoms with van der Waals surface area (Å²) >= 11 is 1.58. The van der Waals surface area contributed by atoms with Crippen LogP contribution >= 0.6 is 11.3 Å². The van der Waals surface area contributed by atoms with Gasteiger partial charge in [-0.2, -0.15) is 11.3 Å². The van der Waals surface area contributed by atoms with Crippen molar-refractivity contribution >= 4 is 28.8 Å². The molecule has 1 aliphatic heterocycles. The van der Waals surface area contributed by atoms with E-state index < -0.39 is 0 Å². The zero-order chi connectivity index (χ0) is 19.7. The lowest BCUT2D eigenvalue weighted by molar-refractivity contribution is -0.126. The Balaban J connectivity index is 1.36. The van der Waals surface area contributed by atoms with Crippen molar-refractivity contribution in [2.24, 2.45) is 5.92 Å². The number of hydrogen-bond acceptors (Lipinski definition) is 5. The van der Waals surface area contributed by atoms with Gasteiger partial charge in [0.15, 0.2) is 0 Å². The molecule has 1 aliphatic rings. The maximum Gasteiger partial charge on any atom is 0.227 e. The molecule has 28 heavy (non-hydrogen) atoms. The molecule has 1 unspecified atom stereocenters. The quantitative estimate of drug-likeness (QED) is 0.720. The van der Waals surface area contributed by atoms with Crippen LogP contribution in [0.1, 0.15) is 23.2 Å². The summed E-state index contributed by atoms with van der Waals surface area (Å²) in [5, 5.41) is 15.0. The van der Waals surface area contributed by atoms with Gasteiger partial charge in [0.05, 0.1) is 24.3 Å². The van der Waals surface area contributed by atoms with Crippen LogP contribution in [0, 0.1) is 19.8 Å². The molecule has 3 heterocycles. The lowest BCUT2D eigenvalue weighted by atomic mass is 10.1. The van der Waals surface area contributed by atoms with E-state index in [0.717, 1.165) is 16.9 Å². The Kier molecular flexibility index (Phi) is 4.95. The maximum absolute atomic E-state index is 12.6. The first-order valence-corrected chi connectivity index (χ1v) is 10.0. The number of hydrogen-bond donors (Lipinski definition) is 1. The number of anilines is 1. The first-order valence-electron chi connectivity index (χ1n) is 9.10. The van der Waals surface area contributed by atoms with Crippen LogP contribution in [0.15, 0.2) is 41.2 Å². The second-order valence-electron chi connectivity index (χ2n) is 7.03. The van der Waals surface area contributed by atoms with Crippen LogP contribution in [0.5, 0.6) is 0 Å². The highest BCUT2D eigenvalue weighted by Gasteiger charge is 2.35. The smallest absolute Gasteiger partial charge is 0.227 e. The predicted molar refractivity (Wildman–Crippen MR) is 107 cm³/mol. The number of rotatable bonds is 5. The van der Waals surface area contributed by atoms with E-state index in [1.54, 1.807) is 27.1 Å². The molecule has 0 saturated carbocycles. The van der Waals surface area contributed by atoms with Crippen molar-refractivity contribution in [1.82, 2.24) is 20.3 Å². The molecule has 2 amide bonds. The topological polar surface area (TPSA) is 80.1 Å². The number of amides is 2. The molecule has 4 rings (SSSR count). The molecule has 1 aromatic carbocycles. The number of thiophene rings is 1. The summed E-state index contributed by atoms with van der Waals surface area (Å²) in [4.78, 5) is 26.7. The molecule has 1 fully saturated rings. The number of carbonyl (C=O) groups excluding carboxylic acids is 2. The Morgan fingerprint density at radius 1 is 1.25 bits per heavy atom. The third-order valence-corrected chi connectivity index (χ3v) is 5.72. The highest BCUT2D eigenvalue weighted by Crippen LogP contribution is 2.27. The summed E-state index contributed by atoms with van der Waals surface area (Å²) in [5.41, 5.74) is 4.78. The van der Waals surface area contributed by atoms with E-state index >= 15 is 0 Å². The van der Waals surface area contributed by atoms with E-state index in [0.29, 0.717) is 12.2 Å². The summed E-state index contributed by atoms with van der Waals surface area (Å²) in [7, 11) is 0. The van der Waals surface area contributed by atoms with Gasteiger partial charge in [-0.05, 0) is 48.6 Å². The van der Waals surface area contributed by atoms with Crippen molar-refractivity contribution < 1.29 is 9.59 Å². The molecule has 2 aromatic heterocycles. The molecule has 1 saturated heterocycles. The number of benzene rings is 1. The summed E-state index contributed by atoms with van der Waals surface area (Å²) in [6, 6.07) is 7.88. The fourth-order valence-corrected chi connectivity index (χ4v) is 3.86. The average molecular weight is 395 g/mol. The van der Waals surface area contributed by atoms with Crippen LogP contribution in [0.3, 0.4) is 0 Å². The standard InChI is InChI=1S/C20H21N5O2S/c1-13-3-4-17(7-14(13)2)24-10-15(8-19(24)26)20(27)21-9-16-11-25(23-22-16)18-5-6-28-12-18/h3-7,11-12,15H,8-10H2,1-2H3,(H,21,27). The van der Waals surface area contributed by atoms with Gasteiger partial charge in [-0.1, -0.05) is 11.3 Å². The minimum Gasteiger partial charge on any atom is -0.350 e. The summed E-state index contributed by atoms with van der Waals surface area (Å²) in [6.07, 6.45) is 2.02. The van der Waals surface area contributed by atoms with Crippen LogP contribution in [-0.2, 0) is 16.1 Å². The third kappa shape index (κ3) is 3.68. The van der Waals surface area contributed by atoms with Crippen LogP contribution in [0.25, 0.3) is 5.69 Å². The number of aryl methyl sites for hydroxylation is 2. The average Bonchev–Trinajstić information content (AvgIpc) is 3.42. The van der Waals surface area contributed by atoms with Crippen molar-refractivity contribution in [3.63, 3.8) is 0 Å². The van der Waals surface area contributed by atoms with E-state index in [2.05, 4.69) is 15.6 Å². The Morgan fingerprint density at radius 2 is 2.11 bits per heavy atom. The number of carbonyl (C=O) groups is 2. The van der Waals surface area contributed by atoms with Crippen LogP contribution in [-0.4, -0.2) is 33.4 Å². The molecule has 1 N–H and O–H groups in total. The Morgan fingerprint density at radius 3 is 2.86 bits per heavy atom. The molecular formula is C20H21N5O2S. The van der Waals surface area contributed by atoms with Crippen molar-refractivity contribution in [2.75, 3.05) is 11.4 Å². The van der Waals surface area contributed by atoms with E-state index in [1.807, 2.05) is 48.9 Å². The minimum atomic E-state index is -0.360. The van der Waals surface area contributed by atoms with Gasteiger partial charge in [-0.3, -0.25) is 9.59 Å². The molecule has 0 radical (unpaired) electrons. The monoisotopic (exact) mass is 395 g/mol.